The van der Waals surface area contributed by atoms with Crippen LogP contribution in [0.25, 0.3) is 0 Å². The number of aryl methyl sites for hydroxylation is 1. The van der Waals surface area contributed by atoms with Gasteiger partial charge in [0.2, 0.25) is 0 Å². The average Bonchev–Trinajstić information content (AvgIpc) is 3.30. The van der Waals surface area contributed by atoms with Crippen LogP contribution in [0.4, 0.5) is 8.78 Å². The lowest BCUT2D eigenvalue weighted by molar-refractivity contribution is 0.0581. The molecule has 1 atom stereocenters. The van der Waals surface area contributed by atoms with E-state index in [4.69, 9.17) is 9.15 Å². The predicted octanol–water partition coefficient (Wildman–Crippen LogP) is 5.47. The molecule has 4 rings (SSSR count). The highest BCUT2D eigenvalue weighted by Gasteiger charge is 2.33. The van der Waals surface area contributed by atoms with Crippen molar-refractivity contribution in [1.82, 2.24) is 9.80 Å². The standard InChI is InChI=1S/C28H32F2N2O3/c1-19-23(12-15-35-19)28(33)31(2)26(17-22-6-4-5-7-24(22)29)21-10-13-32(14-11-21)18-20-8-9-25(30)27(16-20)34-3/h4-9,12,15-16,21,26H,10-11,13-14,17-18H2,1-3H3/t26-/m0/s1. The van der Waals surface area contributed by atoms with Gasteiger partial charge in [-0.3, -0.25) is 9.69 Å². The fourth-order valence-electron chi connectivity index (χ4n) is 5.01. The second-order valence-electron chi connectivity index (χ2n) is 9.25. The largest absolute Gasteiger partial charge is 0.494 e. The first-order valence-corrected chi connectivity index (χ1v) is 12.0. The Labute approximate surface area is 205 Å². The third-order valence-electron chi connectivity index (χ3n) is 7.09. The first kappa shape index (κ1) is 24.9. The summed E-state index contributed by atoms with van der Waals surface area (Å²) >= 11 is 0. The number of halogens is 2. The van der Waals surface area contributed by atoms with Crippen molar-refractivity contribution < 1.29 is 22.7 Å². The van der Waals surface area contributed by atoms with E-state index in [1.807, 2.05) is 6.07 Å². The number of hydrogen-bond acceptors (Lipinski definition) is 4. The van der Waals surface area contributed by atoms with Crippen molar-refractivity contribution in [2.24, 2.45) is 5.92 Å². The molecule has 0 N–H and O–H groups in total. The Morgan fingerprint density at radius 1 is 1.14 bits per heavy atom. The van der Waals surface area contributed by atoms with Crippen molar-refractivity contribution in [2.45, 2.75) is 38.8 Å². The van der Waals surface area contributed by atoms with E-state index in [1.54, 1.807) is 49.2 Å². The molecule has 1 aromatic heterocycles. The Morgan fingerprint density at radius 2 is 1.89 bits per heavy atom. The molecule has 7 heteroatoms. The molecule has 35 heavy (non-hydrogen) atoms. The van der Waals surface area contributed by atoms with Crippen LogP contribution >= 0.6 is 0 Å². The number of carbonyl (C=O) groups is 1. The Morgan fingerprint density at radius 3 is 2.54 bits per heavy atom. The maximum atomic E-state index is 14.6. The van der Waals surface area contributed by atoms with E-state index in [2.05, 4.69) is 4.90 Å². The molecule has 2 heterocycles. The summed E-state index contributed by atoms with van der Waals surface area (Å²) in [5, 5.41) is 0. The van der Waals surface area contributed by atoms with Gasteiger partial charge >= 0.3 is 0 Å². The normalized spacial score (nSPS) is 15.7. The second-order valence-corrected chi connectivity index (χ2v) is 9.25. The van der Waals surface area contributed by atoms with Gasteiger partial charge in [-0.2, -0.15) is 0 Å². The number of carbonyl (C=O) groups excluding carboxylic acids is 1. The van der Waals surface area contributed by atoms with E-state index in [0.717, 1.165) is 31.5 Å². The maximum Gasteiger partial charge on any atom is 0.257 e. The van der Waals surface area contributed by atoms with E-state index >= 15 is 0 Å². The zero-order valence-electron chi connectivity index (χ0n) is 20.5. The molecule has 0 bridgehead atoms. The monoisotopic (exact) mass is 482 g/mol. The van der Waals surface area contributed by atoms with Gasteiger partial charge in [0.1, 0.15) is 11.6 Å². The number of rotatable bonds is 8. The van der Waals surface area contributed by atoms with Crippen molar-refractivity contribution in [1.29, 1.82) is 0 Å². The van der Waals surface area contributed by atoms with E-state index in [1.165, 1.54) is 25.5 Å². The highest BCUT2D eigenvalue weighted by molar-refractivity contribution is 5.95. The SMILES string of the molecule is COc1cc(CN2CCC([C@H](Cc3ccccc3F)N(C)C(=O)c3ccoc3C)CC2)ccc1F. The number of amides is 1. The van der Waals surface area contributed by atoms with Crippen LogP contribution in [-0.2, 0) is 13.0 Å². The van der Waals surface area contributed by atoms with Crippen molar-refractivity contribution >= 4 is 5.91 Å². The van der Waals surface area contributed by atoms with Gasteiger partial charge in [-0.25, -0.2) is 8.78 Å². The number of hydrogen-bond donors (Lipinski definition) is 0. The number of methoxy groups -OCH3 is 1. The Balaban J connectivity index is 1.48. The van der Waals surface area contributed by atoms with Crippen LogP contribution in [0.15, 0.2) is 59.2 Å². The molecule has 186 valence electrons. The molecule has 0 aliphatic carbocycles. The lowest BCUT2D eigenvalue weighted by Gasteiger charge is -2.40. The van der Waals surface area contributed by atoms with Crippen LogP contribution < -0.4 is 4.74 Å². The Kier molecular flexibility index (Phi) is 7.86. The van der Waals surface area contributed by atoms with Crippen LogP contribution in [0.2, 0.25) is 0 Å². The molecule has 0 radical (unpaired) electrons. The quantitative estimate of drug-likeness (QED) is 0.427. The Bertz CT molecular complexity index is 1150. The van der Waals surface area contributed by atoms with Crippen LogP contribution in [0, 0.1) is 24.5 Å². The molecule has 1 saturated heterocycles. The average molecular weight is 483 g/mol. The van der Waals surface area contributed by atoms with Crippen molar-refractivity contribution in [3.05, 3.63) is 88.9 Å². The number of piperidine rings is 1. The third kappa shape index (κ3) is 5.73. The summed E-state index contributed by atoms with van der Waals surface area (Å²) in [5.41, 5.74) is 2.14. The summed E-state index contributed by atoms with van der Waals surface area (Å²) in [5.74, 6) is 0.313. The molecule has 1 amide bonds. The van der Waals surface area contributed by atoms with E-state index < -0.39 is 0 Å². The lowest BCUT2D eigenvalue weighted by Crippen LogP contribution is -2.47. The molecule has 0 saturated carbocycles. The van der Waals surface area contributed by atoms with Gasteiger partial charge in [-0.05, 0) is 80.6 Å². The molecule has 2 aromatic carbocycles. The number of ether oxygens (including phenoxy) is 1. The van der Waals surface area contributed by atoms with Crippen molar-refractivity contribution in [3.8, 4) is 5.75 Å². The van der Waals surface area contributed by atoms with Crippen LogP contribution in [0.5, 0.6) is 5.75 Å². The summed E-state index contributed by atoms with van der Waals surface area (Å²) in [6, 6.07) is 13.3. The van der Waals surface area contributed by atoms with Gasteiger partial charge in [0.25, 0.3) is 5.91 Å². The molecule has 0 spiro atoms. The fourth-order valence-corrected chi connectivity index (χ4v) is 5.01. The van der Waals surface area contributed by atoms with Gasteiger partial charge < -0.3 is 14.1 Å². The number of furan rings is 1. The van der Waals surface area contributed by atoms with Gasteiger partial charge in [-0.1, -0.05) is 24.3 Å². The van der Waals surface area contributed by atoms with Gasteiger partial charge in [-0.15, -0.1) is 0 Å². The molecule has 5 nitrogen and oxygen atoms in total. The predicted molar refractivity (Wildman–Crippen MR) is 130 cm³/mol. The zero-order valence-corrected chi connectivity index (χ0v) is 20.5. The van der Waals surface area contributed by atoms with Crippen LogP contribution in [-0.4, -0.2) is 49.0 Å². The minimum absolute atomic E-state index is 0.113. The zero-order chi connectivity index (χ0) is 24.9. The van der Waals surface area contributed by atoms with Crippen LogP contribution in [0.3, 0.4) is 0 Å². The number of benzene rings is 2. The van der Waals surface area contributed by atoms with Crippen LogP contribution in [0.1, 0.15) is 40.1 Å². The summed E-state index contributed by atoms with van der Waals surface area (Å²) in [6.45, 7) is 4.15. The first-order valence-electron chi connectivity index (χ1n) is 12.0. The van der Waals surface area contributed by atoms with E-state index in [9.17, 15) is 13.6 Å². The second kappa shape index (κ2) is 11.0. The summed E-state index contributed by atoms with van der Waals surface area (Å²) in [6.07, 6.45) is 3.72. The van der Waals surface area contributed by atoms with Gasteiger partial charge in [0.15, 0.2) is 11.6 Å². The summed E-state index contributed by atoms with van der Waals surface area (Å²) < 4.78 is 38.8. The fraction of sp³-hybridized carbons (Fsp3) is 0.393. The molecular weight excluding hydrogens is 450 g/mol. The molecular formula is C28H32F2N2O3. The smallest absolute Gasteiger partial charge is 0.257 e. The maximum absolute atomic E-state index is 14.6. The molecule has 1 aliphatic heterocycles. The highest BCUT2D eigenvalue weighted by Crippen LogP contribution is 2.29. The molecule has 0 unspecified atom stereocenters. The minimum atomic E-state index is -0.369. The minimum Gasteiger partial charge on any atom is -0.494 e. The topological polar surface area (TPSA) is 45.9 Å². The molecule has 3 aromatic rings. The first-order chi connectivity index (χ1) is 16.9. The number of likely N-dealkylation sites (N-methyl/N-ethyl adjacent to an activating group) is 1. The number of likely N-dealkylation sites (tertiary alicyclic amines) is 1. The summed E-state index contributed by atoms with van der Waals surface area (Å²) in [4.78, 5) is 17.4. The third-order valence-corrected chi connectivity index (χ3v) is 7.09. The molecule has 1 fully saturated rings. The van der Waals surface area contributed by atoms with Crippen molar-refractivity contribution in [3.63, 3.8) is 0 Å². The number of nitrogens with zero attached hydrogens (tertiary/aromatic N) is 2. The lowest BCUT2D eigenvalue weighted by atomic mass is 9.84. The van der Waals surface area contributed by atoms with Crippen molar-refractivity contribution in [2.75, 3.05) is 27.2 Å². The van der Waals surface area contributed by atoms with E-state index in [0.29, 0.717) is 29.9 Å². The van der Waals surface area contributed by atoms with Gasteiger partial charge in [0.05, 0.1) is 18.9 Å². The van der Waals surface area contributed by atoms with E-state index in [-0.39, 0.29) is 35.3 Å². The molecule has 1 aliphatic rings. The van der Waals surface area contributed by atoms with Gasteiger partial charge in [0, 0.05) is 19.6 Å². The Hall–Kier alpha value is -3.19. The highest BCUT2D eigenvalue weighted by atomic mass is 19.1. The summed E-state index contributed by atoms with van der Waals surface area (Å²) in [7, 11) is 3.27.